The van der Waals surface area contributed by atoms with Crippen molar-refractivity contribution in [1.82, 2.24) is 9.78 Å². The fraction of sp³-hybridized carbons (Fsp3) is 0.417. The first-order valence-corrected chi connectivity index (χ1v) is 7.76. The Balaban J connectivity index is 2.25. The summed E-state index contributed by atoms with van der Waals surface area (Å²) >= 11 is 11.2. The first-order valence-electron chi connectivity index (χ1n) is 5.55. The van der Waals surface area contributed by atoms with Gasteiger partial charge in [0.1, 0.15) is 5.82 Å². The molecule has 6 heteroatoms. The van der Waals surface area contributed by atoms with Gasteiger partial charge in [-0.05, 0) is 39.9 Å². The third kappa shape index (κ3) is 2.73. The number of nitrogens with zero attached hydrogens (tertiary/aromatic N) is 3. The van der Waals surface area contributed by atoms with E-state index in [2.05, 4.69) is 44.4 Å². The van der Waals surface area contributed by atoms with Crippen molar-refractivity contribution in [3.63, 3.8) is 0 Å². The summed E-state index contributed by atoms with van der Waals surface area (Å²) in [6, 6.07) is 2.14. The number of alkyl halides is 1. The summed E-state index contributed by atoms with van der Waals surface area (Å²) in [6.45, 7) is 2.85. The minimum atomic E-state index is 0.493. The normalized spacial score (nSPS) is 10.9. The molecule has 0 amide bonds. The molecule has 0 fully saturated rings. The minimum absolute atomic E-state index is 0.493. The average Bonchev–Trinajstić information content (AvgIpc) is 2.82. The summed E-state index contributed by atoms with van der Waals surface area (Å²) in [4.78, 5) is 2.19. The zero-order valence-electron chi connectivity index (χ0n) is 10.6. The number of hydrogen-bond acceptors (Lipinski definition) is 3. The molecule has 0 saturated carbocycles. The van der Waals surface area contributed by atoms with Crippen LogP contribution in [0.1, 0.15) is 16.8 Å². The third-order valence-corrected chi connectivity index (χ3v) is 4.67. The zero-order chi connectivity index (χ0) is 13.3. The molecule has 0 unspecified atom stereocenters. The van der Waals surface area contributed by atoms with Gasteiger partial charge in [0, 0.05) is 26.2 Å². The van der Waals surface area contributed by atoms with Crippen LogP contribution >= 0.6 is 38.9 Å². The van der Waals surface area contributed by atoms with Crippen molar-refractivity contribution in [2.45, 2.75) is 19.3 Å². The molecule has 0 aliphatic heterocycles. The van der Waals surface area contributed by atoms with Crippen LogP contribution in [0.25, 0.3) is 0 Å². The van der Waals surface area contributed by atoms with E-state index in [0.29, 0.717) is 5.88 Å². The van der Waals surface area contributed by atoms with Gasteiger partial charge in [0.05, 0.1) is 15.4 Å². The van der Waals surface area contributed by atoms with Gasteiger partial charge in [-0.25, -0.2) is 0 Å². The molecule has 2 aromatic heterocycles. The molecule has 2 heterocycles. The molecule has 0 N–H and O–H groups in total. The minimum Gasteiger partial charge on any atom is -0.355 e. The van der Waals surface area contributed by atoms with Crippen LogP contribution < -0.4 is 4.90 Å². The highest BCUT2D eigenvalue weighted by molar-refractivity contribution is 9.11. The number of halogens is 2. The molecule has 0 radical (unpaired) electrons. The number of rotatable bonds is 4. The Morgan fingerprint density at radius 1 is 1.56 bits per heavy atom. The monoisotopic (exact) mass is 347 g/mol. The van der Waals surface area contributed by atoms with Crippen LogP contribution in [0.15, 0.2) is 15.2 Å². The molecule has 18 heavy (non-hydrogen) atoms. The Labute approximate surface area is 124 Å². The Hall–Kier alpha value is -0.520. The highest BCUT2D eigenvalue weighted by Crippen LogP contribution is 2.27. The first-order chi connectivity index (χ1) is 8.52. The lowest BCUT2D eigenvalue weighted by molar-refractivity contribution is 0.726. The maximum atomic E-state index is 6.02. The maximum absolute atomic E-state index is 6.02. The summed E-state index contributed by atoms with van der Waals surface area (Å²) in [5.74, 6) is 1.58. The van der Waals surface area contributed by atoms with E-state index in [0.717, 1.165) is 27.4 Å². The lowest BCUT2D eigenvalue weighted by Gasteiger charge is -2.20. The molecule has 0 aromatic carbocycles. The number of anilines is 1. The fourth-order valence-corrected chi connectivity index (χ4v) is 3.61. The van der Waals surface area contributed by atoms with Crippen LogP contribution in [-0.4, -0.2) is 16.8 Å². The van der Waals surface area contributed by atoms with Crippen molar-refractivity contribution in [2.75, 3.05) is 11.9 Å². The van der Waals surface area contributed by atoms with Gasteiger partial charge >= 0.3 is 0 Å². The number of hydrogen-bond donors (Lipinski definition) is 0. The lowest BCUT2D eigenvalue weighted by atomic mass is 10.2. The van der Waals surface area contributed by atoms with Crippen molar-refractivity contribution in [2.24, 2.45) is 7.05 Å². The zero-order valence-corrected chi connectivity index (χ0v) is 13.7. The first kappa shape index (κ1) is 13.9. The third-order valence-electron chi connectivity index (χ3n) is 2.85. The van der Waals surface area contributed by atoms with Gasteiger partial charge in [0.15, 0.2) is 0 Å². The molecule has 0 bridgehead atoms. The number of thiophene rings is 1. The summed E-state index contributed by atoms with van der Waals surface area (Å²) in [6.07, 6.45) is 0. The molecular weight excluding hydrogens is 334 g/mol. The van der Waals surface area contributed by atoms with E-state index in [1.54, 1.807) is 11.3 Å². The molecule has 2 aromatic rings. The van der Waals surface area contributed by atoms with E-state index in [1.165, 1.54) is 5.56 Å². The van der Waals surface area contributed by atoms with Crippen molar-refractivity contribution in [1.29, 1.82) is 0 Å². The molecule has 0 spiro atoms. The van der Waals surface area contributed by atoms with Crippen LogP contribution in [0.3, 0.4) is 0 Å². The summed E-state index contributed by atoms with van der Waals surface area (Å²) in [7, 11) is 4.02. The number of aromatic nitrogens is 2. The Bertz CT molecular complexity index is 550. The Morgan fingerprint density at radius 3 is 2.83 bits per heavy atom. The van der Waals surface area contributed by atoms with Crippen LogP contribution in [-0.2, 0) is 19.5 Å². The van der Waals surface area contributed by atoms with Gasteiger partial charge in [-0.3, -0.25) is 4.68 Å². The predicted molar refractivity (Wildman–Crippen MR) is 81.6 cm³/mol. The smallest absolute Gasteiger partial charge is 0.131 e. The van der Waals surface area contributed by atoms with Crippen molar-refractivity contribution in [3.8, 4) is 0 Å². The number of aryl methyl sites for hydroxylation is 2. The van der Waals surface area contributed by atoms with Crippen molar-refractivity contribution >= 4 is 44.7 Å². The van der Waals surface area contributed by atoms with E-state index in [9.17, 15) is 0 Å². The lowest BCUT2D eigenvalue weighted by Crippen LogP contribution is -2.20. The SMILES string of the molecule is Cc1nn(C)c(N(C)Cc2csc(Br)c2)c1CCl. The Morgan fingerprint density at radius 2 is 2.28 bits per heavy atom. The molecule has 98 valence electrons. The second kappa shape index (κ2) is 5.63. The molecule has 0 aliphatic rings. The molecule has 3 nitrogen and oxygen atoms in total. The fourth-order valence-electron chi connectivity index (χ4n) is 2.10. The Kier molecular flexibility index (Phi) is 4.35. The van der Waals surface area contributed by atoms with Crippen LogP contribution in [0, 0.1) is 6.92 Å². The van der Waals surface area contributed by atoms with Gasteiger partial charge in [0.25, 0.3) is 0 Å². The molecule has 2 rings (SSSR count). The van der Waals surface area contributed by atoms with E-state index < -0.39 is 0 Å². The summed E-state index contributed by atoms with van der Waals surface area (Å²) in [5, 5.41) is 6.59. The second-order valence-electron chi connectivity index (χ2n) is 4.26. The largest absolute Gasteiger partial charge is 0.355 e. The summed E-state index contributed by atoms with van der Waals surface area (Å²) in [5.41, 5.74) is 3.39. The van der Waals surface area contributed by atoms with Gasteiger partial charge in [-0.1, -0.05) is 0 Å². The highest BCUT2D eigenvalue weighted by Gasteiger charge is 2.16. The predicted octanol–water partition coefficient (Wildman–Crippen LogP) is 3.93. The molecular formula is C12H15BrClN3S. The van der Waals surface area contributed by atoms with Crippen molar-refractivity contribution < 1.29 is 0 Å². The van der Waals surface area contributed by atoms with Gasteiger partial charge < -0.3 is 4.90 Å². The quantitative estimate of drug-likeness (QED) is 0.781. The highest BCUT2D eigenvalue weighted by atomic mass is 79.9. The van der Waals surface area contributed by atoms with Gasteiger partial charge in [0.2, 0.25) is 0 Å². The van der Waals surface area contributed by atoms with Crippen LogP contribution in [0.4, 0.5) is 5.82 Å². The van der Waals surface area contributed by atoms with E-state index in [-0.39, 0.29) is 0 Å². The second-order valence-corrected chi connectivity index (χ2v) is 6.82. The van der Waals surface area contributed by atoms with Gasteiger partial charge in [-0.2, -0.15) is 5.10 Å². The van der Waals surface area contributed by atoms with E-state index in [1.807, 2.05) is 18.7 Å². The van der Waals surface area contributed by atoms with Crippen LogP contribution in [0.2, 0.25) is 0 Å². The average molecular weight is 349 g/mol. The maximum Gasteiger partial charge on any atom is 0.131 e. The van der Waals surface area contributed by atoms with Gasteiger partial charge in [-0.15, -0.1) is 22.9 Å². The van der Waals surface area contributed by atoms with Crippen LogP contribution in [0.5, 0.6) is 0 Å². The van der Waals surface area contributed by atoms with E-state index in [4.69, 9.17) is 11.6 Å². The topological polar surface area (TPSA) is 21.1 Å². The van der Waals surface area contributed by atoms with E-state index >= 15 is 0 Å². The summed E-state index contributed by atoms with van der Waals surface area (Å²) < 4.78 is 3.05. The standard InChI is InChI=1S/C12H15BrClN3S/c1-8-10(5-14)12(17(3)15-8)16(2)6-9-4-11(13)18-7-9/h4,7H,5-6H2,1-3H3. The van der Waals surface area contributed by atoms with Crippen molar-refractivity contribution in [3.05, 3.63) is 32.1 Å². The molecule has 0 aliphatic carbocycles. The molecule has 0 saturated heterocycles. The molecule has 0 atom stereocenters.